The van der Waals surface area contributed by atoms with Gasteiger partial charge in [0.25, 0.3) is 0 Å². The second-order valence-corrected chi connectivity index (χ2v) is 8.44. The summed E-state index contributed by atoms with van der Waals surface area (Å²) in [6.45, 7) is -0.126. The first-order valence-corrected chi connectivity index (χ1v) is 11.0. The highest BCUT2D eigenvalue weighted by molar-refractivity contribution is 9.10. The number of halogens is 4. The molecule has 170 valence electrons. The molecule has 0 radical (unpaired) electrons. The van der Waals surface area contributed by atoms with E-state index in [0.29, 0.717) is 17.0 Å². The van der Waals surface area contributed by atoms with Crippen LogP contribution in [-0.2, 0) is 11.3 Å². The molecule has 0 saturated heterocycles. The van der Waals surface area contributed by atoms with Crippen molar-refractivity contribution in [3.63, 3.8) is 0 Å². The van der Waals surface area contributed by atoms with Crippen LogP contribution in [0.1, 0.15) is 46.3 Å². The fourth-order valence-corrected chi connectivity index (χ4v) is 4.21. The summed E-state index contributed by atoms with van der Waals surface area (Å²) in [5, 5.41) is 0. The van der Waals surface area contributed by atoms with Gasteiger partial charge in [0.05, 0.1) is 12.7 Å². The van der Waals surface area contributed by atoms with Crippen LogP contribution in [0.3, 0.4) is 0 Å². The zero-order valence-corrected chi connectivity index (χ0v) is 19.2. The molecule has 1 aliphatic carbocycles. The van der Waals surface area contributed by atoms with Crippen LogP contribution in [0.5, 0.6) is 5.88 Å². The molecule has 0 atom stereocenters. The fourth-order valence-electron chi connectivity index (χ4n) is 3.88. The molecule has 1 heterocycles. The lowest BCUT2D eigenvalue weighted by Gasteiger charge is -2.15. The van der Waals surface area contributed by atoms with Gasteiger partial charge >= 0.3 is 5.97 Å². The molecule has 8 heteroatoms. The van der Waals surface area contributed by atoms with Crippen molar-refractivity contribution < 1.29 is 27.4 Å². The number of methoxy groups -OCH3 is 1. The molecule has 0 aliphatic heterocycles. The molecule has 2 aromatic carbocycles. The van der Waals surface area contributed by atoms with Crippen molar-refractivity contribution in [1.29, 1.82) is 0 Å². The van der Waals surface area contributed by atoms with Crippen molar-refractivity contribution in [3.05, 3.63) is 92.8 Å². The highest BCUT2D eigenvalue weighted by Gasteiger charge is 2.23. The van der Waals surface area contributed by atoms with Gasteiger partial charge in [-0.15, -0.1) is 0 Å². The van der Waals surface area contributed by atoms with Gasteiger partial charge in [0, 0.05) is 27.9 Å². The number of nitrogens with zero attached hydrogens (tertiary/aromatic N) is 1. The van der Waals surface area contributed by atoms with Crippen LogP contribution in [-0.4, -0.2) is 18.1 Å². The molecular weight excluding hydrogens is 499 g/mol. The van der Waals surface area contributed by atoms with E-state index in [0.717, 1.165) is 40.9 Å². The minimum Gasteiger partial charge on any atom is -0.472 e. The average molecular weight is 518 g/mol. The predicted molar refractivity (Wildman–Crippen MR) is 121 cm³/mol. The van der Waals surface area contributed by atoms with Gasteiger partial charge in [0.1, 0.15) is 24.1 Å². The van der Waals surface area contributed by atoms with Gasteiger partial charge in [-0.25, -0.2) is 22.9 Å². The number of aromatic nitrogens is 1. The number of pyridine rings is 1. The Labute approximate surface area is 197 Å². The Morgan fingerprint density at radius 3 is 2.58 bits per heavy atom. The zero-order valence-electron chi connectivity index (χ0n) is 17.6. The number of ether oxygens (including phenoxy) is 2. The number of hydrogen-bond acceptors (Lipinski definition) is 4. The molecule has 0 unspecified atom stereocenters. The smallest absolute Gasteiger partial charge is 0.340 e. The fraction of sp³-hybridized carbons (Fsp3) is 0.200. The molecule has 33 heavy (non-hydrogen) atoms. The quantitative estimate of drug-likeness (QED) is 0.340. The summed E-state index contributed by atoms with van der Waals surface area (Å²) < 4.78 is 52.6. The lowest BCUT2D eigenvalue weighted by atomic mass is 9.96. The highest BCUT2D eigenvalue weighted by Crippen LogP contribution is 2.43. The van der Waals surface area contributed by atoms with Crippen LogP contribution < -0.4 is 4.74 Å². The van der Waals surface area contributed by atoms with E-state index >= 15 is 0 Å². The Balaban J connectivity index is 1.72. The predicted octanol–water partition coefficient (Wildman–Crippen LogP) is 6.72. The topological polar surface area (TPSA) is 48.4 Å². The van der Waals surface area contributed by atoms with Crippen LogP contribution in [0.25, 0.3) is 11.1 Å². The number of carbonyl (C=O) groups excluding carboxylic acids is 1. The summed E-state index contributed by atoms with van der Waals surface area (Å²) in [6, 6.07) is 9.52. The van der Waals surface area contributed by atoms with E-state index in [1.165, 1.54) is 31.4 Å². The summed E-state index contributed by atoms with van der Waals surface area (Å²) in [5.41, 5.74) is 3.38. The van der Waals surface area contributed by atoms with E-state index in [4.69, 9.17) is 4.74 Å². The number of benzene rings is 2. The molecule has 1 aliphatic rings. The Bertz CT molecular complexity index is 1260. The molecule has 0 saturated carbocycles. The van der Waals surface area contributed by atoms with Crippen LogP contribution in [0, 0.1) is 17.5 Å². The summed E-state index contributed by atoms with van der Waals surface area (Å²) in [7, 11) is 1.20. The number of esters is 1. The first kappa shape index (κ1) is 23.0. The van der Waals surface area contributed by atoms with Crippen molar-refractivity contribution in [1.82, 2.24) is 4.98 Å². The van der Waals surface area contributed by atoms with Gasteiger partial charge in [-0.3, -0.25) is 0 Å². The van der Waals surface area contributed by atoms with Crippen LogP contribution in [0.2, 0.25) is 0 Å². The summed E-state index contributed by atoms with van der Waals surface area (Å²) in [5.74, 6) is -2.46. The summed E-state index contributed by atoms with van der Waals surface area (Å²) >= 11 is 3.43. The Kier molecular flexibility index (Phi) is 6.83. The molecule has 3 aromatic rings. The van der Waals surface area contributed by atoms with Crippen LogP contribution in [0.4, 0.5) is 13.2 Å². The van der Waals surface area contributed by atoms with Crippen molar-refractivity contribution in [3.8, 4) is 5.88 Å². The summed E-state index contributed by atoms with van der Waals surface area (Å²) in [6.07, 6.45) is 3.87. The van der Waals surface area contributed by atoms with Gasteiger partial charge in [-0.2, -0.15) is 0 Å². The molecule has 0 N–H and O–H groups in total. The maximum Gasteiger partial charge on any atom is 0.340 e. The van der Waals surface area contributed by atoms with Crippen molar-refractivity contribution in [2.24, 2.45) is 0 Å². The van der Waals surface area contributed by atoms with Crippen molar-refractivity contribution in [2.75, 3.05) is 7.11 Å². The second kappa shape index (κ2) is 9.79. The number of rotatable bonds is 6. The van der Waals surface area contributed by atoms with Gasteiger partial charge in [-0.1, -0.05) is 6.07 Å². The SMILES string of the molecule is COC(=O)c1cc(C2=C(c3cc(Br)cnc3OCc3ccc(F)cc3F)CCC2)ccc1F. The van der Waals surface area contributed by atoms with Gasteiger partial charge in [-0.05, 0) is 82.2 Å². The van der Waals surface area contributed by atoms with Gasteiger partial charge < -0.3 is 9.47 Å². The molecule has 0 spiro atoms. The molecule has 0 amide bonds. The molecule has 4 rings (SSSR count). The van der Waals surface area contributed by atoms with Crippen molar-refractivity contribution >= 4 is 33.0 Å². The second-order valence-electron chi connectivity index (χ2n) is 7.53. The molecule has 0 fully saturated rings. The third-order valence-electron chi connectivity index (χ3n) is 5.46. The van der Waals surface area contributed by atoms with E-state index in [1.54, 1.807) is 12.3 Å². The third kappa shape index (κ3) is 4.95. The number of carbonyl (C=O) groups is 1. The monoisotopic (exact) mass is 517 g/mol. The maximum atomic E-state index is 14.1. The van der Waals surface area contributed by atoms with E-state index < -0.39 is 23.4 Å². The molecular formula is C25H19BrF3NO3. The highest BCUT2D eigenvalue weighted by atomic mass is 79.9. The van der Waals surface area contributed by atoms with E-state index in [2.05, 4.69) is 25.7 Å². The van der Waals surface area contributed by atoms with Gasteiger partial charge in [0.2, 0.25) is 5.88 Å². The number of allylic oxidation sites excluding steroid dienone is 2. The number of hydrogen-bond donors (Lipinski definition) is 0. The zero-order chi connectivity index (χ0) is 23.5. The molecule has 1 aromatic heterocycles. The van der Waals surface area contributed by atoms with E-state index in [-0.39, 0.29) is 17.7 Å². The van der Waals surface area contributed by atoms with E-state index in [9.17, 15) is 18.0 Å². The van der Waals surface area contributed by atoms with Crippen molar-refractivity contribution in [2.45, 2.75) is 25.9 Å². The Morgan fingerprint density at radius 2 is 1.82 bits per heavy atom. The Hall–Kier alpha value is -3.13. The van der Waals surface area contributed by atoms with E-state index in [1.807, 2.05) is 6.07 Å². The lowest BCUT2D eigenvalue weighted by molar-refractivity contribution is 0.0595. The minimum absolute atomic E-state index is 0.126. The third-order valence-corrected chi connectivity index (χ3v) is 5.89. The summed E-state index contributed by atoms with van der Waals surface area (Å²) in [4.78, 5) is 16.3. The molecule has 4 nitrogen and oxygen atoms in total. The molecule has 0 bridgehead atoms. The van der Waals surface area contributed by atoms with Crippen LogP contribution in [0.15, 0.2) is 53.1 Å². The first-order chi connectivity index (χ1) is 15.9. The maximum absolute atomic E-state index is 14.1. The van der Waals surface area contributed by atoms with Gasteiger partial charge in [0.15, 0.2) is 0 Å². The lowest BCUT2D eigenvalue weighted by Crippen LogP contribution is -2.05. The standard InChI is InChI=1S/C25H19BrF3NO3/c1-32-25(31)21-9-14(6-8-22(21)28)18-3-2-4-19(18)20-10-16(26)12-30-24(20)33-13-15-5-7-17(27)11-23(15)29/h5-12H,2-4,13H2,1H3. The largest absolute Gasteiger partial charge is 0.472 e. The first-order valence-electron chi connectivity index (χ1n) is 10.2. The van der Waals surface area contributed by atoms with Crippen LogP contribution >= 0.6 is 15.9 Å². The Morgan fingerprint density at radius 1 is 1.03 bits per heavy atom. The minimum atomic E-state index is -0.746. The normalized spacial score (nSPS) is 13.4. The average Bonchev–Trinajstić information content (AvgIpc) is 3.28.